The fourth-order valence-electron chi connectivity index (χ4n) is 2.59. The zero-order valence-corrected chi connectivity index (χ0v) is 12.6. The van der Waals surface area contributed by atoms with Gasteiger partial charge in [0.05, 0.1) is 12.3 Å². The number of nitrogens with one attached hydrogen (secondary N) is 1. The van der Waals surface area contributed by atoms with Crippen LogP contribution in [0.1, 0.15) is 35.4 Å². The van der Waals surface area contributed by atoms with Crippen molar-refractivity contribution < 1.29 is 9.15 Å². The molecule has 0 radical (unpaired) electrons. The molecule has 0 spiro atoms. The van der Waals surface area contributed by atoms with Crippen LogP contribution in [0, 0.1) is 13.8 Å². The number of furan rings is 1. The molecule has 0 aromatic carbocycles. The lowest BCUT2D eigenvalue weighted by molar-refractivity contribution is 0.193. The van der Waals surface area contributed by atoms with Crippen LogP contribution in [0.15, 0.2) is 22.6 Å². The SMILES string of the molecule is Cc1nc(NCCc2ccc(C)o2)cc(C2CCOC2)n1. The summed E-state index contributed by atoms with van der Waals surface area (Å²) in [6.45, 7) is 6.28. The fourth-order valence-corrected chi connectivity index (χ4v) is 2.59. The summed E-state index contributed by atoms with van der Waals surface area (Å²) in [6.07, 6.45) is 1.89. The lowest BCUT2D eigenvalue weighted by Gasteiger charge is -2.11. The molecule has 1 unspecified atom stereocenters. The molecule has 0 bridgehead atoms. The highest BCUT2D eigenvalue weighted by Gasteiger charge is 2.20. The van der Waals surface area contributed by atoms with Gasteiger partial charge in [0, 0.05) is 31.6 Å². The van der Waals surface area contributed by atoms with Crippen molar-refractivity contribution in [1.29, 1.82) is 0 Å². The Morgan fingerprint density at radius 3 is 2.90 bits per heavy atom. The van der Waals surface area contributed by atoms with E-state index in [-0.39, 0.29) is 0 Å². The third kappa shape index (κ3) is 3.61. The standard InChI is InChI=1S/C16H21N3O2/c1-11-3-4-14(21-11)5-7-17-16-9-15(18-12(2)19-16)13-6-8-20-10-13/h3-4,9,13H,5-8,10H2,1-2H3,(H,17,18,19). The van der Waals surface area contributed by atoms with Gasteiger partial charge in [0.1, 0.15) is 23.2 Å². The van der Waals surface area contributed by atoms with Gasteiger partial charge in [-0.25, -0.2) is 9.97 Å². The van der Waals surface area contributed by atoms with Crippen LogP contribution in [0.5, 0.6) is 0 Å². The summed E-state index contributed by atoms with van der Waals surface area (Å²) in [4.78, 5) is 8.98. The molecule has 0 amide bonds. The zero-order valence-electron chi connectivity index (χ0n) is 12.6. The van der Waals surface area contributed by atoms with Gasteiger partial charge in [-0.15, -0.1) is 0 Å². The van der Waals surface area contributed by atoms with Gasteiger partial charge in [-0.05, 0) is 32.4 Å². The highest BCUT2D eigenvalue weighted by atomic mass is 16.5. The normalized spacial score (nSPS) is 18.1. The maximum atomic E-state index is 5.56. The van der Waals surface area contributed by atoms with Crippen molar-refractivity contribution in [3.05, 3.63) is 41.2 Å². The predicted octanol–water partition coefficient (Wildman–Crippen LogP) is 2.84. The van der Waals surface area contributed by atoms with Crippen molar-refractivity contribution >= 4 is 5.82 Å². The highest BCUT2D eigenvalue weighted by molar-refractivity contribution is 5.37. The molecule has 1 aliphatic rings. The summed E-state index contributed by atoms with van der Waals surface area (Å²) in [5.74, 6) is 4.03. The van der Waals surface area contributed by atoms with Crippen molar-refractivity contribution in [2.24, 2.45) is 0 Å². The number of hydrogen-bond donors (Lipinski definition) is 1. The summed E-state index contributed by atoms with van der Waals surface area (Å²) in [7, 11) is 0. The van der Waals surface area contributed by atoms with Gasteiger partial charge in [0.15, 0.2) is 0 Å². The van der Waals surface area contributed by atoms with Gasteiger partial charge in [0.25, 0.3) is 0 Å². The Kier molecular flexibility index (Phi) is 4.20. The number of anilines is 1. The van der Waals surface area contributed by atoms with E-state index in [9.17, 15) is 0 Å². The van der Waals surface area contributed by atoms with E-state index in [1.54, 1.807) is 0 Å². The first-order chi connectivity index (χ1) is 10.2. The lowest BCUT2D eigenvalue weighted by atomic mass is 10.0. The van der Waals surface area contributed by atoms with Crippen molar-refractivity contribution in [3.63, 3.8) is 0 Å². The van der Waals surface area contributed by atoms with E-state index in [1.807, 2.05) is 32.0 Å². The minimum Gasteiger partial charge on any atom is -0.466 e. The smallest absolute Gasteiger partial charge is 0.129 e. The minimum atomic E-state index is 0.403. The van der Waals surface area contributed by atoms with Gasteiger partial charge in [-0.3, -0.25) is 0 Å². The monoisotopic (exact) mass is 287 g/mol. The molecule has 1 N–H and O–H groups in total. The van der Waals surface area contributed by atoms with Gasteiger partial charge in [0.2, 0.25) is 0 Å². The Morgan fingerprint density at radius 1 is 1.29 bits per heavy atom. The summed E-state index contributed by atoms with van der Waals surface area (Å²) < 4.78 is 11.0. The first-order valence-electron chi connectivity index (χ1n) is 7.43. The van der Waals surface area contributed by atoms with Gasteiger partial charge < -0.3 is 14.5 Å². The van der Waals surface area contributed by atoms with Gasteiger partial charge in [-0.2, -0.15) is 0 Å². The minimum absolute atomic E-state index is 0.403. The largest absolute Gasteiger partial charge is 0.466 e. The molecule has 5 nitrogen and oxygen atoms in total. The van der Waals surface area contributed by atoms with E-state index in [1.165, 1.54) is 0 Å². The van der Waals surface area contributed by atoms with Gasteiger partial charge >= 0.3 is 0 Å². The zero-order chi connectivity index (χ0) is 14.7. The van der Waals surface area contributed by atoms with Crippen LogP contribution in [0.2, 0.25) is 0 Å². The molecule has 1 atom stereocenters. The van der Waals surface area contributed by atoms with Crippen LogP contribution < -0.4 is 5.32 Å². The fraction of sp³-hybridized carbons (Fsp3) is 0.500. The first-order valence-corrected chi connectivity index (χ1v) is 7.43. The number of nitrogens with zero attached hydrogens (tertiary/aromatic N) is 2. The van der Waals surface area contributed by atoms with E-state index >= 15 is 0 Å². The van der Waals surface area contributed by atoms with E-state index in [2.05, 4.69) is 15.3 Å². The van der Waals surface area contributed by atoms with Crippen molar-refractivity contribution in [2.75, 3.05) is 25.1 Å². The van der Waals surface area contributed by atoms with Crippen LogP contribution in [0.4, 0.5) is 5.82 Å². The molecule has 1 fully saturated rings. The second-order valence-corrected chi connectivity index (χ2v) is 5.47. The lowest BCUT2D eigenvalue weighted by Crippen LogP contribution is -2.10. The van der Waals surface area contributed by atoms with E-state index in [4.69, 9.17) is 9.15 Å². The molecule has 0 saturated carbocycles. The van der Waals surface area contributed by atoms with Crippen LogP contribution in [0.3, 0.4) is 0 Å². The molecule has 2 aromatic heterocycles. The molecule has 1 aliphatic heterocycles. The molecular weight excluding hydrogens is 266 g/mol. The first kappa shape index (κ1) is 14.1. The van der Waals surface area contributed by atoms with E-state index in [0.29, 0.717) is 5.92 Å². The Morgan fingerprint density at radius 2 is 2.19 bits per heavy atom. The van der Waals surface area contributed by atoms with E-state index < -0.39 is 0 Å². The molecule has 5 heteroatoms. The Hall–Kier alpha value is -1.88. The van der Waals surface area contributed by atoms with Crippen molar-refractivity contribution in [3.8, 4) is 0 Å². The van der Waals surface area contributed by atoms with Crippen molar-refractivity contribution in [2.45, 2.75) is 32.6 Å². The third-order valence-electron chi connectivity index (χ3n) is 3.68. The Balaban J connectivity index is 1.61. The highest BCUT2D eigenvalue weighted by Crippen LogP contribution is 2.25. The molecule has 21 heavy (non-hydrogen) atoms. The molecule has 3 heterocycles. The average Bonchev–Trinajstić information content (AvgIpc) is 3.10. The topological polar surface area (TPSA) is 60.2 Å². The number of aromatic nitrogens is 2. The molecular formula is C16H21N3O2. The van der Waals surface area contributed by atoms with Crippen molar-refractivity contribution in [1.82, 2.24) is 9.97 Å². The number of aryl methyl sites for hydroxylation is 2. The molecule has 3 rings (SSSR count). The summed E-state index contributed by atoms with van der Waals surface area (Å²) in [5, 5.41) is 3.36. The molecule has 0 aliphatic carbocycles. The summed E-state index contributed by atoms with van der Waals surface area (Å²) in [5.41, 5.74) is 1.08. The molecule has 112 valence electrons. The quantitative estimate of drug-likeness (QED) is 0.916. The van der Waals surface area contributed by atoms with Crippen LogP contribution in [0.25, 0.3) is 0 Å². The Labute approximate surface area is 124 Å². The summed E-state index contributed by atoms with van der Waals surface area (Å²) in [6, 6.07) is 6.05. The molecule has 1 saturated heterocycles. The predicted molar refractivity (Wildman–Crippen MR) is 80.6 cm³/mol. The van der Waals surface area contributed by atoms with Crippen LogP contribution >= 0.6 is 0 Å². The molecule has 2 aromatic rings. The maximum absolute atomic E-state index is 5.56. The van der Waals surface area contributed by atoms with Gasteiger partial charge in [-0.1, -0.05) is 0 Å². The van der Waals surface area contributed by atoms with E-state index in [0.717, 1.165) is 61.5 Å². The maximum Gasteiger partial charge on any atom is 0.129 e. The average molecular weight is 287 g/mol. The third-order valence-corrected chi connectivity index (χ3v) is 3.68. The van der Waals surface area contributed by atoms with Crippen LogP contribution in [-0.4, -0.2) is 29.7 Å². The number of ether oxygens (including phenoxy) is 1. The number of rotatable bonds is 5. The number of hydrogen-bond acceptors (Lipinski definition) is 5. The second kappa shape index (κ2) is 6.26. The Bertz CT molecular complexity index is 603. The summed E-state index contributed by atoms with van der Waals surface area (Å²) >= 11 is 0. The second-order valence-electron chi connectivity index (χ2n) is 5.47. The van der Waals surface area contributed by atoms with Crippen LogP contribution in [-0.2, 0) is 11.2 Å².